The van der Waals surface area contributed by atoms with Gasteiger partial charge in [0.15, 0.2) is 5.16 Å². The Hall–Kier alpha value is -3.17. The third-order valence-electron chi connectivity index (χ3n) is 7.68. The van der Waals surface area contributed by atoms with Gasteiger partial charge in [-0.3, -0.25) is 19.0 Å². The van der Waals surface area contributed by atoms with Crippen molar-refractivity contribution in [1.82, 2.24) is 20.2 Å². The minimum absolute atomic E-state index is 0.00204. The van der Waals surface area contributed by atoms with Gasteiger partial charge >= 0.3 is 0 Å². The molecule has 3 aromatic rings. The first-order valence-corrected chi connectivity index (χ1v) is 14.9. The molecule has 2 aliphatic rings. The summed E-state index contributed by atoms with van der Waals surface area (Å²) < 4.78 is 7.32. The van der Waals surface area contributed by atoms with Crippen molar-refractivity contribution >= 4 is 34.5 Å². The summed E-state index contributed by atoms with van der Waals surface area (Å²) >= 11 is 1.30. The van der Waals surface area contributed by atoms with E-state index in [9.17, 15) is 14.4 Å². The summed E-state index contributed by atoms with van der Waals surface area (Å²) in [6.07, 6.45) is 5.43. The zero-order valence-electron chi connectivity index (χ0n) is 22.1. The second-order valence-electron chi connectivity index (χ2n) is 10.5. The van der Waals surface area contributed by atoms with Crippen molar-refractivity contribution in [3.63, 3.8) is 0 Å². The quantitative estimate of drug-likeness (QED) is 0.294. The van der Waals surface area contributed by atoms with Crippen molar-refractivity contribution in [3.05, 3.63) is 70.5 Å². The summed E-state index contributed by atoms with van der Waals surface area (Å²) in [5, 5.41) is 7.17. The molecule has 1 saturated carbocycles. The Morgan fingerprint density at radius 2 is 1.74 bits per heavy atom. The van der Waals surface area contributed by atoms with Gasteiger partial charge in [-0.25, -0.2) is 4.98 Å². The highest BCUT2D eigenvalue weighted by Crippen LogP contribution is 2.31. The van der Waals surface area contributed by atoms with Crippen molar-refractivity contribution in [2.45, 2.75) is 62.9 Å². The van der Waals surface area contributed by atoms with Crippen LogP contribution in [0.15, 0.2) is 64.5 Å². The normalized spacial score (nSPS) is 21.1. The third-order valence-corrected chi connectivity index (χ3v) is 8.65. The average molecular weight is 549 g/mol. The predicted molar refractivity (Wildman–Crippen MR) is 152 cm³/mol. The second-order valence-corrected chi connectivity index (χ2v) is 11.4. The van der Waals surface area contributed by atoms with E-state index in [1.165, 1.54) is 11.8 Å². The number of hydrogen-bond acceptors (Lipinski definition) is 6. The van der Waals surface area contributed by atoms with Crippen LogP contribution in [0.3, 0.4) is 0 Å². The van der Waals surface area contributed by atoms with Crippen molar-refractivity contribution in [3.8, 4) is 0 Å². The number of fused-ring (bicyclic) bond motifs is 1. The van der Waals surface area contributed by atoms with Gasteiger partial charge < -0.3 is 15.4 Å². The van der Waals surface area contributed by atoms with E-state index in [0.29, 0.717) is 35.7 Å². The Kier molecular flexibility index (Phi) is 9.32. The van der Waals surface area contributed by atoms with Crippen LogP contribution < -0.4 is 16.2 Å². The van der Waals surface area contributed by atoms with Gasteiger partial charge in [-0.15, -0.1) is 0 Å². The lowest BCUT2D eigenvalue weighted by Crippen LogP contribution is -2.35. The fourth-order valence-corrected chi connectivity index (χ4v) is 6.27. The smallest absolute Gasteiger partial charge is 0.262 e. The van der Waals surface area contributed by atoms with E-state index in [-0.39, 0.29) is 41.1 Å². The molecular formula is C30H36N4O4S. The standard InChI is InChI=1S/C30H36N4O4S/c35-27(31-18-24-9-6-16-38-24)20-39-30-33-26-11-5-4-10-25(26)29(37)34(30)19-22-12-14-23(15-13-22)28(36)32-17-21-7-2-1-3-8-21/h1-5,7-8,10-11,22-24H,6,9,12-20H2,(H,31,35)(H,32,36). The highest BCUT2D eigenvalue weighted by Gasteiger charge is 2.27. The Labute approximate surface area is 232 Å². The molecule has 1 unspecified atom stereocenters. The summed E-state index contributed by atoms with van der Waals surface area (Å²) in [7, 11) is 0. The largest absolute Gasteiger partial charge is 0.376 e. The number of amides is 2. The van der Waals surface area contributed by atoms with E-state index >= 15 is 0 Å². The summed E-state index contributed by atoms with van der Waals surface area (Å²) in [6, 6.07) is 17.3. The number of rotatable bonds is 10. The van der Waals surface area contributed by atoms with E-state index in [1.54, 1.807) is 10.6 Å². The molecule has 39 heavy (non-hydrogen) atoms. The van der Waals surface area contributed by atoms with Gasteiger partial charge in [-0.05, 0) is 62.1 Å². The number of carbonyl (C=O) groups is 2. The molecule has 2 N–H and O–H groups in total. The van der Waals surface area contributed by atoms with Crippen LogP contribution >= 0.6 is 11.8 Å². The molecule has 0 bridgehead atoms. The number of carbonyl (C=O) groups excluding carboxylic acids is 2. The maximum atomic E-state index is 13.5. The van der Waals surface area contributed by atoms with Crippen LogP contribution in [-0.2, 0) is 27.4 Å². The molecule has 8 nitrogen and oxygen atoms in total. The number of benzene rings is 2. The number of para-hydroxylation sites is 1. The lowest BCUT2D eigenvalue weighted by Gasteiger charge is -2.28. The molecule has 0 radical (unpaired) electrons. The number of ether oxygens (including phenoxy) is 1. The Bertz CT molecular complexity index is 1330. The van der Waals surface area contributed by atoms with E-state index in [2.05, 4.69) is 10.6 Å². The van der Waals surface area contributed by atoms with Crippen molar-refractivity contribution < 1.29 is 14.3 Å². The zero-order valence-corrected chi connectivity index (χ0v) is 23.0. The first-order valence-electron chi connectivity index (χ1n) is 13.9. The van der Waals surface area contributed by atoms with Crippen molar-refractivity contribution in [1.29, 1.82) is 0 Å². The van der Waals surface area contributed by atoms with Crippen LogP contribution in [0.25, 0.3) is 10.9 Å². The van der Waals surface area contributed by atoms with Crippen molar-refractivity contribution in [2.24, 2.45) is 11.8 Å². The number of nitrogens with one attached hydrogen (secondary N) is 2. The first kappa shape index (κ1) is 27.4. The molecule has 9 heteroatoms. The van der Waals surface area contributed by atoms with Crippen LogP contribution in [0.2, 0.25) is 0 Å². The maximum absolute atomic E-state index is 13.5. The van der Waals surface area contributed by atoms with Gasteiger partial charge in [0, 0.05) is 32.2 Å². The van der Waals surface area contributed by atoms with Crippen molar-refractivity contribution in [2.75, 3.05) is 18.9 Å². The third kappa shape index (κ3) is 7.28. The lowest BCUT2D eigenvalue weighted by molar-refractivity contribution is -0.126. The topological polar surface area (TPSA) is 102 Å². The van der Waals surface area contributed by atoms with Gasteiger partial charge in [-0.1, -0.05) is 54.2 Å². The second kappa shape index (κ2) is 13.3. The highest BCUT2D eigenvalue weighted by molar-refractivity contribution is 7.99. The predicted octanol–water partition coefficient (Wildman–Crippen LogP) is 3.91. The fourth-order valence-electron chi connectivity index (χ4n) is 5.43. The molecule has 5 rings (SSSR count). The molecule has 2 aromatic carbocycles. The summed E-state index contributed by atoms with van der Waals surface area (Å²) in [4.78, 5) is 43.5. The summed E-state index contributed by atoms with van der Waals surface area (Å²) in [5.74, 6) is 0.471. The molecular weight excluding hydrogens is 512 g/mol. The van der Waals surface area contributed by atoms with Gasteiger partial charge in [0.05, 0.1) is 22.8 Å². The maximum Gasteiger partial charge on any atom is 0.262 e. The average Bonchev–Trinajstić information content (AvgIpc) is 3.50. The minimum Gasteiger partial charge on any atom is -0.376 e. The Morgan fingerprint density at radius 3 is 2.51 bits per heavy atom. The number of hydrogen-bond donors (Lipinski definition) is 2. The monoisotopic (exact) mass is 548 g/mol. The molecule has 1 saturated heterocycles. The SMILES string of the molecule is O=C(CSc1nc2ccccc2c(=O)n1CC1CCC(C(=O)NCc2ccccc2)CC1)NCC1CCCO1. The van der Waals surface area contributed by atoms with Gasteiger partial charge in [0.2, 0.25) is 11.8 Å². The molecule has 2 fully saturated rings. The Morgan fingerprint density at radius 1 is 0.974 bits per heavy atom. The van der Waals surface area contributed by atoms with Crippen LogP contribution in [-0.4, -0.2) is 46.4 Å². The molecule has 1 aliphatic carbocycles. The van der Waals surface area contributed by atoms with E-state index < -0.39 is 0 Å². The van der Waals surface area contributed by atoms with Crippen LogP contribution in [0, 0.1) is 11.8 Å². The van der Waals surface area contributed by atoms with E-state index in [4.69, 9.17) is 9.72 Å². The van der Waals surface area contributed by atoms with Gasteiger partial charge in [-0.2, -0.15) is 0 Å². The molecule has 0 spiro atoms. The number of nitrogens with zero attached hydrogens (tertiary/aromatic N) is 2. The van der Waals surface area contributed by atoms with E-state index in [0.717, 1.165) is 50.7 Å². The molecule has 1 atom stereocenters. The van der Waals surface area contributed by atoms with Crippen LogP contribution in [0.1, 0.15) is 44.1 Å². The van der Waals surface area contributed by atoms with Crippen LogP contribution in [0.5, 0.6) is 0 Å². The summed E-state index contributed by atoms with van der Waals surface area (Å²) in [5.41, 5.74) is 1.65. The molecule has 2 amide bonds. The molecule has 1 aromatic heterocycles. The van der Waals surface area contributed by atoms with Gasteiger partial charge in [0.25, 0.3) is 5.56 Å². The number of thioether (sulfide) groups is 1. The van der Waals surface area contributed by atoms with Gasteiger partial charge in [0.1, 0.15) is 0 Å². The minimum atomic E-state index is -0.0912. The first-order chi connectivity index (χ1) is 19.1. The fraction of sp³-hybridized carbons (Fsp3) is 0.467. The van der Waals surface area contributed by atoms with E-state index in [1.807, 2.05) is 48.5 Å². The molecule has 2 heterocycles. The molecule has 1 aliphatic heterocycles. The molecule has 206 valence electrons. The van der Waals surface area contributed by atoms with Crippen LogP contribution in [0.4, 0.5) is 0 Å². The number of aromatic nitrogens is 2. The lowest BCUT2D eigenvalue weighted by atomic mass is 9.81. The Balaban J connectivity index is 1.20. The summed E-state index contributed by atoms with van der Waals surface area (Å²) in [6.45, 7) is 2.34. The highest BCUT2D eigenvalue weighted by atomic mass is 32.2. The zero-order chi connectivity index (χ0) is 27.0.